The van der Waals surface area contributed by atoms with Crippen LogP contribution in [-0.2, 0) is 4.84 Å². The van der Waals surface area contributed by atoms with E-state index in [-0.39, 0.29) is 12.5 Å². The van der Waals surface area contributed by atoms with Crippen molar-refractivity contribution in [2.24, 2.45) is 5.16 Å². The Morgan fingerprint density at radius 3 is 2.77 bits per heavy atom. The van der Waals surface area contributed by atoms with Gasteiger partial charge in [0.2, 0.25) is 0 Å². The molecule has 0 aromatic heterocycles. The van der Waals surface area contributed by atoms with Gasteiger partial charge in [-0.15, -0.1) is 0 Å². The fraction of sp³-hybridized carbons (Fsp3) is 0.294. The van der Waals surface area contributed by atoms with Gasteiger partial charge in [0.1, 0.15) is 6.61 Å². The van der Waals surface area contributed by atoms with Crippen molar-refractivity contribution in [2.75, 3.05) is 13.2 Å². The molecular weight excluding hydrogens is 280 g/mol. The number of hydrogen-bond donors (Lipinski definition) is 2. The second kappa shape index (κ2) is 6.15. The highest BCUT2D eigenvalue weighted by atomic mass is 16.6. The molecule has 0 saturated heterocycles. The third-order valence-corrected chi connectivity index (χ3v) is 3.64. The van der Waals surface area contributed by atoms with Crippen molar-refractivity contribution in [3.8, 4) is 0 Å². The lowest BCUT2D eigenvalue weighted by Crippen LogP contribution is -2.30. The first kappa shape index (κ1) is 14.5. The molecule has 22 heavy (non-hydrogen) atoms. The Morgan fingerprint density at radius 2 is 2.09 bits per heavy atom. The van der Waals surface area contributed by atoms with Crippen LogP contribution in [0.15, 0.2) is 41.6 Å². The second-order valence-corrected chi connectivity index (χ2v) is 5.39. The summed E-state index contributed by atoms with van der Waals surface area (Å²) in [5.41, 5.74) is 2.51. The highest BCUT2D eigenvalue weighted by Crippen LogP contribution is 2.25. The van der Waals surface area contributed by atoms with E-state index in [1.165, 1.54) is 0 Å². The van der Waals surface area contributed by atoms with Crippen LogP contribution in [0.25, 0.3) is 10.8 Å². The summed E-state index contributed by atoms with van der Waals surface area (Å²) in [5, 5.41) is 18.0. The molecule has 0 bridgehead atoms. The van der Waals surface area contributed by atoms with Crippen molar-refractivity contribution in [3.05, 3.63) is 47.5 Å². The van der Waals surface area contributed by atoms with Gasteiger partial charge in [-0.3, -0.25) is 4.79 Å². The lowest BCUT2D eigenvalue weighted by atomic mass is 9.95. The minimum absolute atomic E-state index is 0.187. The third-order valence-electron chi connectivity index (χ3n) is 3.64. The van der Waals surface area contributed by atoms with E-state index < -0.39 is 6.10 Å². The Hall–Kier alpha value is -2.40. The van der Waals surface area contributed by atoms with Crippen LogP contribution in [0.1, 0.15) is 29.3 Å². The van der Waals surface area contributed by atoms with Gasteiger partial charge in [-0.05, 0) is 23.8 Å². The summed E-state index contributed by atoms with van der Waals surface area (Å²) < 4.78 is 0. The number of nitrogens with zero attached hydrogens (tertiary/aromatic N) is 1. The van der Waals surface area contributed by atoms with E-state index >= 15 is 0 Å². The molecule has 5 nitrogen and oxygen atoms in total. The van der Waals surface area contributed by atoms with Crippen LogP contribution in [-0.4, -0.2) is 36.0 Å². The molecule has 2 aromatic carbocycles. The molecule has 2 aromatic rings. The van der Waals surface area contributed by atoms with Gasteiger partial charge in [-0.1, -0.05) is 35.5 Å². The molecule has 2 N–H and O–H groups in total. The maximum absolute atomic E-state index is 12.3. The Labute approximate surface area is 128 Å². The molecular formula is C17H18N2O3. The zero-order chi connectivity index (χ0) is 15.5. The number of benzene rings is 2. The molecule has 0 fully saturated rings. The van der Waals surface area contributed by atoms with Crippen molar-refractivity contribution in [1.82, 2.24) is 5.32 Å². The van der Waals surface area contributed by atoms with Crippen molar-refractivity contribution >= 4 is 22.4 Å². The summed E-state index contributed by atoms with van der Waals surface area (Å²) in [4.78, 5) is 17.4. The van der Waals surface area contributed by atoms with E-state index in [1.54, 1.807) is 13.0 Å². The fourth-order valence-corrected chi connectivity index (χ4v) is 2.58. The average molecular weight is 298 g/mol. The normalized spacial score (nSPS) is 15.3. The first-order chi connectivity index (χ1) is 10.7. The Kier molecular flexibility index (Phi) is 4.06. The molecule has 3 rings (SSSR count). The summed E-state index contributed by atoms with van der Waals surface area (Å²) in [6.07, 6.45) is 0.205. The monoisotopic (exact) mass is 298 g/mol. The van der Waals surface area contributed by atoms with Gasteiger partial charge in [-0.2, -0.15) is 0 Å². The predicted molar refractivity (Wildman–Crippen MR) is 85.1 cm³/mol. The highest BCUT2D eigenvalue weighted by Gasteiger charge is 2.17. The molecule has 0 aliphatic carbocycles. The van der Waals surface area contributed by atoms with E-state index in [1.807, 2.05) is 30.3 Å². The molecule has 1 heterocycles. The van der Waals surface area contributed by atoms with Gasteiger partial charge in [0.25, 0.3) is 5.91 Å². The van der Waals surface area contributed by atoms with Crippen molar-refractivity contribution < 1.29 is 14.7 Å². The van der Waals surface area contributed by atoms with E-state index in [0.29, 0.717) is 12.2 Å². The Balaban J connectivity index is 2.03. The predicted octanol–water partition coefficient (Wildman–Crippen LogP) is 2.07. The molecule has 1 aliphatic rings. The average Bonchev–Trinajstić information content (AvgIpc) is 3.05. The maximum atomic E-state index is 12.3. The number of carbonyl (C=O) groups is 1. The summed E-state index contributed by atoms with van der Waals surface area (Å²) in [6, 6.07) is 11.5. The van der Waals surface area contributed by atoms with Gasteiger partial charge in [0, 0.05) is 24.1 Å². The smallest absolute Gasteiger partial charge is 0.252 e. The van der Waals surface area contributed by atoms with Crippen LogP contribution >= 0.6 is 0 Å². The van der Waals surface area contributed by atoms with E-state index in [9.17, 15) is 9.90 Å². The molecule has 5 heteroatoms. The molecule has 1 atom stereocenters. The van der Waals surface area contributed by atoms with Gasteiger partial charge >= 0.3 is 0 Å². The number of aliphatic hydroxyl groups is 1. The summed E-state index contributed by atoms with van der Waals surface area (Å²) in [6.45, 7) is 2.47. The zero-order valence-electron chi connectivity index (χ0n) is 12.4. The van der Waals surface area contributed by atoms with Gasteiger partial charge in [-0.25, -0.2) is 0 Å². The number of nitrogens with one attached hydrogen (secondary N) is 1. The number of aliphatic hydroxyl groups excluding tert-OH is 1. The van der Waals surface area contributed by atoms with Gasteiger partial charge < -0.3 is 15.3 Å². The first-order valence-corrected chi connectivity index (χ1v) is 7.34. The third kappa shape index (κ3) is 2.80. The van der Waals surface area contributed by atoms with Crippen LogP contribution < -0.4 is 5.32 Å². The number of hydrogen-bond acceptors (Lipinski definition) is 4. The highest BCUT2D eigenvalue weighted by molar-refractivity contribution is 6.16. The van der Waals surface area contributed by atoms with E-state index in [2.05, 4.69) is 10.5 Å². The van der Waals surface area contributed by atoms with Crippen LogP contribution in [0.4, 0.5) is 0 Å². The number of rotatable bonds is 4. The van der Waals surface area contributed by atoms with Gasteiger partial charge in [0.05, 0.1) is 11.8 Å². The summed E-state index contributed by atoms with van der Waals surface area (Å²) in [5.74, 6) is -0.187. The van der Waals surface area contributed by atoms with Crippen molar-refractivity contribution in [3.63, 3.8) is 0 Å². The zero-order valence-corrected chi connectivity index (χ0v) is 12.4. The molecule has 1 amide bonds. The van der Waals surface area contributed by atoms with Crippen LogP contribution in [0.5, 0.6) is 0 Å². The molecule has 0 saturated carbocycles. The van der Waals surface area contributed by atoms with Crippen LogP contribution in [0, 0.1) is 0 Å². The van der Waals surface area contributed by atoms with Crippen molar-refractivity contribution in [2.45, 2.75) is 19.4 Å². The molecule has 0 spiro atoms. The molecule has 1 aliphatic heterocycles. The maximum Gasteiger partial charge on any atom is 0.252 e. The second-order valence-electron chi connectivity index (χ2n) is 5.39. The molecule has 0 radical (unpaired) electrons. The number of amides is 1. The minimum atomic E-state index is -0.570. The first-order valence-electron chi connectivity index (χ1n) is 7.34. The summed E-state index contributed by atoms with van der Waals surface area (Å²) >= 11 is 0. The quantitative estimate of drug-likeness (QED) is 0.908. The van der Waals surface area contributed by atoms with E-state index in [0.717, 1.165) is 28.5 Å². The van der Waals surface area contributed by atoms with E-state index in [4.69, 9.17) is 4.84 Å². The van der Waals surface area contributed by atoms with Crippen LogP contribution in [0.2, 0.25) is 0 Å². The Bertz CT molecular complexity index is 738. The van der Waals surface area contributed by atoms with Gasteiger partial charge in [0.15, 0.2) is 0 Å². The Morgan fingerprint density at radius 1 is 1.32 bits per heavy atom. The molecule has 114 valence electrons. The lowest BCUT2D eigenvalue weighted by Gasteiger charge is -2.12. The van der Waals surface area contributed by atoms with Crippen molar-refractivity contribution in [1.29, 1.82) is 0 Å². The topological polar surface area (TPSA) is 70.9 Å². The lowest BCUT2D eigenvalue weighted by molar-refractivity contribution is 0.0925. The number of fused-ring (bicyclic) bond motifs is 1. The standard InChI is InChI=1S/C17H18N2O3/c1-11(20)10-18-17(21)15-7-6-14(16-8-9-22-19-16)12-4-2-3-5-13(12)15/h2-7,11,20H,8-10H2,1H3,(H,18,21). The fourth-order valence-electron chi connectivity index (χ4n) is 2.58. The SMILES string of the molecule is CC(O)CNC(=O)c1ccc(C2=NOCC2)c2ccccc12. The number of carbonyl (C=O) groups excluding carboxylic acids is 1. The minimum Gasteiger partial charge on any atom is -0.395 e. The summed E-state index contributed by atoms with van der Waals surface area (Å²) in [7, 11) is 0. The number of oxime groups is 1. The largest absolute Gasteiger partial charge is 0.395 e. The van der Waals surface area contributed by atoms with Crippen LogP contribution in [0.3, 0.4) is 0 Å². The molecule has 1 unspecified atom stereocenters.